The number of carboxylic acid groups (broad SMARTS) is 6. The Labute approximate surface area is 110 Å². The molecule has 0 spiro atoms. The molecule has 9 nitrogen and oxygen atoms in total. The van der Waals surface area contributed by atoms with Crippen molar-refractivity contribution in [3.8, 4) is 0 Å². The second-order valence-corrected chi connectivity index (χ2v) is 0.798. The molecule has 0 aliphatic heterocycles. The third-order valence-electron chi connectivity index (χ3n) is 0. The van der Waals surface area contributed by atoms with Crippen molar-refractivity contribution in [2.75, 3.05) is 0 Å². The minimum absolute atomic E-state index is 0. The van der Waals surface area contributed by atoms with Gasteiger partial charge >= 0.3 is 46.6 Å². The van der Waals surface area contributed by atoms with Gasteiger partial charge in [0.1, 0.15) is 0 Å². The summed E-state index contributed by atoms with van der Waals surface area (Å²) in [6.07, 6.45) is -6.25. The summed E-state index contributed by atoms with van der Waals surface area (Å²) in [7, 11) is 0. The molecule has 0 aromatic rings. The van der Waals surface area contributed by atoms with E-state index in [-0.39, 0.29) is 46.6 Å². The van der Waals surface area contributed by atoms with Crippen molar-refractivity contribution < 1.29 is 91.6 Å². The maximum Gasteiger partial charge on any atom is 2.00 e. The summed E-state index contributed by atoms with van der Waals surface area (Å²) < 4.78 is 0. The Morgan fingerprint density at radius 1 is 0.714 bits per heavy atom. The standard InChI is InChI=1S/3CH2O3.Fe.Na/c3*2-1(3)4;;/h3*(H2,2,3,4);;/q;;;+2;+1/p-3. The second-order valence-electron chi connectivity index (χ2n) is 0.798. The average molecular weight is 262 g/mol. The average Bonchev–Trinajstić information content (AvgIpc) is 1.54. The number of carbonyl (C=O) groups is 3. The van der Waals surface area contributed by atoms with Crippen LogP contribution in [-0.4, -0.2) is 33.8 Å². The van der Waals surface area contributed by atoms with Crippen molar-refractivity contribution in [3.05, 3.63) is 0 Å². The van der Waals surface area contributed by atoms with Gasteiger partial charge in [-0.2, -0.15) is 0 Å². The molecule has 0 amide bonds. The zero-order chi connectivity index (χ0) is 10.7. The molecule has 0 saturated heterocycles. The summed E-state index contributed by atoms with van der Waals surface area (Å²) in [6, 6.07) is 0. The molecule has 0 fully saturated rings. The Bertz CT molecular complexity index is 118. The molecule has 0 aliphatic carbocycles. The van der Waals surface area contributed by atoms with Crippen LogP contribution in [0.3, 0.4) is 0 Å². The van der Waals surface area contributed by atoms with Crippen LogP contribution in [0.2, 0.25) is 0 Å². The van der Waals surface area contributed by atoms with Gasteiger partial charge in [-0.05, 0) is 0 Å². The van der Waals surface area contributed by atoms with Crippen LogP contribution in [0.15, 0.2) is 0 Å². The topological polar surface area (TPSA) is 181 Å². The van der Waals surface area contributed by atoms with Crippen LogP contribution >= 0.6 is 0 Å². The summed E-state index contributed by atoms with van der Waals surface area (Å²) in [4.78, 5) is 25.3. The molecule has 78 valence electrons. The van der Waals surface area contributed by atoms with Crippen molar-refractivity contribution in [2.45, 2.75) is 0 Å². The van der Waals surface area contributed by atoms with Crippen LogP contribution < -0.4 is 44.9 Å². The molecule has 3 N–H and O–H groups in total. The number of rotatable bonds is 0. The van der Waals surface area contributed by atoms with E-state index < -0.39 is 18.5 Å². The predicted molar refractivity (Wildman–Crippen MR) is 24.1 cm³/mol. The van der Waals surface area contributed by atoms with E-state index in [0.717, 1.165) is 0 Å². The summed E-state index contributed by atoms with van der Waals surface area (Å²) in [5, 5.41) is 45.9. The van der Waals surface area contributed by atoms with Crippen LogP contribution in [0.1, 0.15) is 0 Å². The van der Waals surface area contributed by atoms with E-state index in [1.54, 1.807) is 0 Å². The molecule has 0 aromatic heterocycles. The van der Waals surface area contributed by atoms with Crippen LogP contribution in [-0.2, 0) is 17.1 Å². The molecule has 0 aromatic carbocycles. The summed E-state index contributed by atoms with van der Waals surface area (Å²) >= 11 is 0. The van der Waals surface area contributed by atoms with Crippen molar-refractivity contribution in [1.29, 1.82) is 0 Å². The molecule has 14 heavy (non-hydrogen) atoms. The van der Waals surface area contributed by atoms with Gasteiger partial charge in [0.15, 0.2) is 0 Å². The minimum Gasteiger partial charge on any atom is -0.565 e. The van der Waals surface area contributed by atoms with Gasteiger partial charge < -0.3 is 45.0 Å². The van der Waals surface area contributed by atoms with Crippen LogP contribution in [0.25, 0.3) is 0 Å². The van der Waals surface area contributed by atoms with Gasteiger partial charge in [-0.1, -0.05) is 0 Å². The second kappa shape index (κ2) is 22.8. The zero-order valence-electron chi connectivity index (χ0n) is 6.64. The van der Waals surface area contributed by atoms with Gasteiger partial charge in [0.05, 0.1) is 0 Å². The van der Waals surface area contributed by atoms with E-state index in [4.69, 9.17) is 45.0 Å². The SMILES string of the molecule is O=C([O-])O.O=C([O-])O.O=C([O-])O.[Fe+2].[Na+]. The molecule has 0 atom stereocenters. The maximum absolute atomic E-state index is 8.44. The maximum atomic E-state index is 8.44. The van der Waals surface area contributed by atoms with Gasteiger partial charge in [0.25, 0.3) is 0 Å². The van der Waals surface area contributed by atoms with Gasteiger partial charge in [-0.15, -0.1) is 0 Å². The van der Waals surface area contributed by atoms with Crippen molar-refractivity contribution in [2.24, 2.45) is 0 Å². The first-order chi connectivity index (χ1) is 5.20. The normalized spacial score (nSPS) is 5.14. The van der Waals surface area contributed by atoms with Gasteiger partial charge in [-0.25, -0.2) is 0 Å². The van der Waals surface area contributed by atoms with Crippen molar-refractivity contribution >= 4 is 18.5 Å². The summed E-state index contributed by atoms with van der Waals surface area (Å²) in [5.41, 5.74) is 0. The molecule has 0 heterocycles. The largest absolute Gasteiger partial charge is 2.00 e. The first-order valence-electron chi connectivity index (χ1n) is 1.90. The van der Waals surface area contributed by atoms with E-state index in [2.05, 4.69) is 0 Å². The number of hydrogen-bond acceptors (Lipinski definition) is 6. The van der Waals surface area contributed by atoms with Crippen LogP contribution in [0.4, 0.5) is 14.4 Å². The van der Waals surface area contributed by atoms with Crippen molar-refractivity contribution in [3.63, 3.8) is 0 Å². The molecule has 0 bridgehead atoms. The molecular formula is C3H3FeNaO9. The van der Waals surface area contributed by atoms with Crippen LogP contribution in [0.5, 0.6) is 0 Å². The minimum atomic E-state index is -2.08. The molecule has 0 rings (SSSR count). The predicted octanol–water partition coefficient (Wildman–Crippen LogP) is -6.34. The van der Waals surface area contributed by atoms with E-state index in [1.165, 1.54) is 0 Å². The van der Waals surface area contributed by atoms with E-state index >= 15 is 0 Å². The third-order valence-corrected chi connectivity index (χ3v) is 0. The Kier molecular flexibility index (Phi) is 47.6. The van der Waals surface area contributed by atoms with E-state index in [0.29, 0.717) is 0 Å². The zero-order valence-corrected chi connectivity index (χ0v) is 9.75. The van der Waals surface area contributed by atoms with Crippen molar-refractivity contribution in [1.82, 2.24) is 0 Å². The fourth-order valence-electron chi connectivity index (χ4n) is 0. The molecule has 0 unspecified atom stereocenters. The first kappa shape index (κ1) is 29.2. The fourth-order valence-corrected chi connectivity index (χ4v) is 0. The monoisotopic (exact) mass is 262 g/mol. The molecule has 0 saturated carbocycles. The first-order valence-corrected chi connectivity index (χ1v) is 1.90. The fraction of sp³-hybridized carbons (Fsp3) is 0. The Hall–Kier alpha value is -0.671. The quantitative estimate of drug-likeness (QED) is 0.357. The van der Waals surface area contributed by atoms with E-state index in [1.807, 2.05) is 0 Å². The Balaban J connectivity index is -0.0000000270. The smallest absolute Gasteiger partial charge is 0.565 e. The summed E-state index contributed by atoms with van der Waals surface area (Å²) in [5.74, 6) is 0. The van der Waals surface area contributed by atoms with Gasteiger partial charge in [-0.3, -0.25) is 0 Å². The Morgan fingerprint density at radius 3 is 0.714 bits per heavy atom. The van der Waals surface area contributed by atoms with Gasteiger partial charge in [0.2, 0.25) is 18.5 Å². The van der Waals surface area contributed by atoms with Crippen LogP contribution in [0, 0.1) is 0 Å². The molecule has 0 radical (unpaired) electrons. The molecular weight excluding hydrogens is 259 g/mol. The molecule has 0 aliphatic rings. The Morgan fingerprint density at radius 2 is 0.714 bits per heavy atom. The van der Waals surface area contributed by atoms with Gasteiger partial charge in [0, 0.05) is 0 Å². The third kappa shape index (κ3) is 2690. The van der Waals surface area contributed by atoms with E-state index in [9.17, 15) is 0 Å². The number of hydrogen-bond donors (Lipinski definition) is 3. The molecule has 11 heteroatoms. The summed E-state index contributed by atoms with van der Waals surface area (Å²) in [6.45, 7) is 0.